The quantitative estimate of drug-likeness (QED) is 0.813. The summed E-state index contributed by atoms with van der Waals surface area (Å²) in [5.74, 6) is 0. The van der Waals surface area contributed by atoms with Gasteiger partial charge >= 0.3 is 0 Å². The van der Waals surface area contributed by atoms with Crippen LogP contribution in [0.25, 0.3) is 0 Å². The maximum atomic E-state index is 6.15. The Hall–Kier alpha value is -0.320. The van der Waals surface area contributed by atoms with E-state index >= 15 is 0 Å². The lowest BCUT2D eigenvalue weighted by Crippen LogP contribution is -2.46. The highest BCUT2D eigenvalue weighted by molar-refractivity contribution is 6.35. The molecular weight excluding hydrogens is 293 g/mol. The number of nitrogens with one attached hydrogen (secondary N) is 1. The van der Waals surface area contributed by atoms with Crippen LogP contribution >= 0.6 is 23.2 Å². The Morgan fingerprint density at radius 3 is 2.55 bits per heavy atom. The fourth-order valence-electron chi connectivity index (χ4n) is 2.38. The Labute approximate surface area is 131 Å². The van der Waals surface area contributed by atoms with Crippen molar-refractivity contribution in [2.45, 2.75) is 6.42 Å². The van der Waals surface area contributed by atoms with E-state index < -0.39 is 0 Å². The van der Waals surface area contributed by atoms with Crippen LogP contribution in [0.15, 0.2) is 18.2 Å². The van der Waals surface area contributed by atoms with Crippen LogP contribution < -0.4 is 5.32 Å². The maximum Gasteiger partial charge on any atom is 0.0453 e. The predicted molar refractivity (Wildman–Crippen MR) is 87.0 cm³/mol. The summed E-state index contributed by atoms with van der Waals surface area (Å²) >= 11 is 12.0. The lowest BCUT2D eigenvalue weighted by atomic mass is 10.1. The predicted octanol–water partition coefficient (Wildman–Crippen LogP) is 2.37. The van der Waals surface area contributed by atoms with Crippen molar-refractivity contribution in [2.24, 2.45) is 0 Å². The van der Waals surface area contributed by atoms with Crippen molar-refractivity contribution in [1.82, 2.24) is 15.1 Å². The molecule has 1 aliphatic rings. The fourth-order valence-corrected chi connectivity index (χ4v) is 2.88. The minimum atomic E-state index is 0.696. The summed E-state index contributed by atoms with van der Waals surface area (Å²) in [6.07, 6.45) is 0.943. The number of rotatable bonds is 6. The molecule has 1 heterocycles. The highest BCUT2D eigenvalue weighted by Crippen LogP contribution is 2.20. The molecule has 1 aromatic carbocycles. The van der Waals surface area contributed by atoms with Gasteiger partial charge in [0.1, 0.15) is 0 Å². The number of piperazine rings is 1. The standard InChI is InChI=1S/C15H23Cl2N3/c1-19-8-10-20(11-9-19)7-6-18-5-4-13-2-3-14(16)12-15(13)17/h2-3,12,18H,4-11H2,1H3. The number of likely N-dealkylation sites (N-methyl/N-ethyl adjacent to an activating group) is 1. The Kier molecular flexibility index (Phi) is 6.59. The molecule has 0 atom stereocenters. The van der Waals surface area contributed by atoms with Crippen LogP contribution in [-0.2, 0) is 6.42 Å². The van der Waals surface area contributed by atoms with Crippen molar-refractivity contribution >= 4 is 23.2 Å². The molecule has 0 spiro atoms. The minimum Gasteiger partial charge on any atom is -0.315 e. The van der Waals surface area contributed by atoms with E-state index in [1.165, 1.54) is 26.2 Å². The first-order valence-electron chi connectivity index (χ1n) is 7.21. The lowest BCUT2D eigenvalue weighted by Gasteiger charge is -2.32. The molecule has 0 aliphatic carbocycles. The van der Waals surface area contributed by atoms with Gasteiger partial charge < -0.3 is 10.2 Å². The molecule has 0 unspecified atom stereocenters. The van der Waals surface area contributed by atoms with Crippen LogP contribution in [0.4, 0.5) is 0 Å². The second kappa shape index (κ2) is 8.20. The Balaban J connectivity index is 1.59. The van der Waals surface area contributed by atoms with Crippen molar-refractivity contribution in [3.63, 3.8) is 0 Å². The summed E-state index contributed by atoms with van der Waals surface area (Å²) in [6, 6.07) is 5.71. The largest absolute Gasteiger partial charge is 0.315 e. The van der Waals surface area contributed by atoms with Crippen molar-refractivity contribution in [3.05, 3.63) is 33.8 Å². The molecule has 1 fully saturated rings. The van der Waals surface area contributed by atoms with Gasteiger partial charge in [-0.1, -0.05) is 29.3 Å². The molecule has 3 nitrogen and oxygen atoms in total. The molecule has 2 rings (SSSR count). The van der Waals surface area contributed by atoms with Crippen LogP contribution in [0.3, 0.4) is 0 Å². The third-order valence-electron chi connectivity index (χ3n) is 3.79. The molecule has 0 radical (unpaired) electrons. The molecular formula is C15H23Cl2N3. The second-order valence-corrected chi connectivity index (χ2v) is 6.22. The Morgan fingerprint density at radius 1 is 1.10 bits per heavy atom. The SMILES string of the molecule is CN1CCN(CCNCCc2ccc(Cl)cc2Cl)CC1. The van der Waals surface area contributed by atoms with Gasteiger partial charge in [-0.25, -0.2) is 0 Å². The van der Waals surface area contributed by atoms with Crippen molar-refractivity contribution < 1.29 is 0 Å². The van der Waals surface area contributed by atoms with E-state index in [0.717, 1.165) is 36.6 Å². The zero-order chi connectivity index (χ0) is 14.4. The number of halogens is 2. The van der Waals surface area contributed by atoms with Gasteiger partial charge in [0.2, 0.25) is 0 Å². The van der Waals surface area contributed by atoms with E-state index in [2.05, 4.69) is 22.2 Å². The van der Waals surface area contributed by atoms with Gasteiger partial charge in [-0.05, 0) is 37.7 Å². The summed E-state index contributed by atoms with van der Waals surface area (Å²) < 4.78 is 0. The molecule has 1 aromatic rings. The lowest BCUT2D eigenvalue weighted by molar-refractivity contribution is 0.155. The number of nitrogens with zero attached hydrogens (tertiary/aromatic N) is 2. The van der Waals surface area contributed by atoms with Gasteiger partial charge in [0, 0.05) is 49.3 Å². The Bertz CT molecular complexity index is 418. The fraction of sp³-hybridized carbons (Fsp3) is 0.600. The minimum absolute atomic E-state index is 0.696. The topological polar surface area (TPSA) is 18.5 Å². The molecule has 5 heteroatoms. The highest BCUT2D eigenvalue weighted by Gasteiger charge is 2.12. The first kappa shape index (κ1) is 16.1. The molecule has 1 aliphatic heterocycles. The molecule has 20 heavy (non-hydrogen) atoms. The molecule has 1 saturated heterocycles. The molecule has 0 saturated carbocycles. The molecule has 0 bridgehead atoms. The third-order valence-corrected chi connectivity index (χ3v) is 4.37. The monoisotopic (exact) mass is 315 g/mol. The third kappa shape index (κ3) is 5.23. The van der Waals surface area contributed by atoms with Gasteiger partial charge in [-0.15, -0.1) is 0 Å². The van der Waals surface area contributed by atoms with Crippen molar-refractivity contribution in [1.29, 1.82) is 0 Å². The number of benzene rings is 1. The first-order chi connectivity index (χ1) is 9.65. The zero-order valence-electron chi connectivity index (χ0n) is 12.0. The van der Waals surface area contributed by atoms with Gasteiger partial charge in [0.15, 0.2) is 0 Å². The van der Waals surface area contributed by atoms with Crippen LogP contribution in [-0.4, -0.2) is 62.7 Å². The smallest absolute Gasteiger partial charge is 0.0453 e. The van der Waals surface area contributed by atoms with E-state index in [0.29, 0.717) is 5.02 Å². The van der Waals surface area contributed by atoms with Gasteiger partial charge in [0.25, 0.3) is 0 Å². The van der Waals surface area contributed by atoms with Crippen molar-refractivity contribution in [2.75, 3.05) is 52.9 Å². The summed E-state index contributed by atoms with van der Waals surface area (Å²) in [6.45, 7) is 7.84. The van der Waals surface area contributed by atoms with Crippen LogP contribution in [0.1, 0.15) is 5.56 Å². The summed E-state index contributed by atoms with van der Waals surface area (Å²) in [5, 5.41) is 4.95. The van der Waals surface area contributed by atoms with Crippen LogP contribution in [0.5, 0.6) is 0 Å². The van der Waals surface area contributed by atoms with Gasteiger partial charge in [-0.2, -0.15) is 0 Å². The normalized spacial score (nSPS) is 17.6. The molecule has 1 N–H and O–H groups in total. The Morgan fingerprint density at radius 2 is 1.85 bits per heavy atom. The molecule has 0 aromatic heterocycles. The van der Waals surface area contributed by atoms with Gasteiger partial charge in [0.05, 0.1) is 0 Å². The zero-order valence-corrected chi connectivity index (χ0v) is 13.6. The van der Waals surface area contributed by atoms with E-state index in [1.54, 1.807) is 0 Å². The van der Waals surface area contributed by atoms with E-state index in [9.17, 15) is 0 Å². The number of hydrogen-bond acceptors (Lipinski definition) is 3. The van der Waals surface area contributed by atoms with Crippen molar-refractivity contribution in [3.8, 4) is 0 Å². The molecule has 0 amide bonds. The maximum absolute atomic E-state index is 6.15. The van der Waals surface area contributed by atoms with E-state index in [1.807, 2.05) is 18.2 Å². The number of hydrogen-bond donors (Lipinski definition) is 1. The van der Waals surface area contributed by atoms with Gasteiger partial charge in [-0.3, -0.25) is 4.90 Å². The van der Waals surface area contributed by atoms with Crippen LogP contribution in [0, 0.1) is 0 Å². The summed E-state index contributed by atoms with van der Waals surface area (Å²) in [4.78, 5) is 4.90. The average molecular weight is 316 g/mol. The first-order valence-corrected chi connectivity index (χ1v) is 7.96. The van der Waals surface area contributed by atoms with E-state index in [4.69, 9.17) is 23.2 Å². The van der Waals surface area contributed by atoms with Crippen LogP contribution in [0.2, 0.25) is 10.0 Å². The van der Waals surface area contributed by atoms with E-state index in [-0.39, 0.29) is 0 Å². The average Bonchev–Trinajstić information content (AvgIpc) is 2.42. The highest BCUT2D eigenvalue weighted by atomic mass is 35.5. The molecule has 112 valence electrons. The summed E-state index contributed by atoms with van der Waals surface area (Å²) in [7, 11) is 2.19. The second-order valence-electron chi connectivity index (χ2n) is 5.38. The summed E-state index contributed by atoms with van der Waals surface area (Å²) in [5.41, 5.74) is 1.16.